The normalized spacial score (nSPS) is 10.9. The Morgan fingerprint density at radius 1 is 1.03 bits per heavy atom. The lowest BCUT2D eigenvalue weighted by atomic mass is 10.2. The minimum Gasteiger partial charge on any atom is -0.493 e. The number of alkyl halides is 3. The molecule has 194 valence electrons. The summed E-state index contributed by atoms with van der Waals surface area (Å²) in [5.74, 6) is -7.66. The number of nitriles is 1. The SMILES string of the molecule is COc1ccc(C#N)cc1Oc1nc(Oc2cccc(C(=O)N(C)C)c2)c(F)c(OCC(F)(F)F)c1F. The van der Waals surface area contributed by atoms with Gasteiger partial charge in [0, 0.05) is 25.7 Å². The Morgan fingerprint density at radius 3 is 2.30 bits per heavy atom. The monoisotopic (exact) mass is 523 g/mol. The Kier molecular flexibility index (Phi) is 8.01. The van der Waals surface area contributed by atoms with Crippen LogP contribution in [-0.4, -0.2) is 49.8 Å². The van der Waals surface area contributed by atoms with Crippen LogP contribution < -0.4 is 18.9 Å². The van der Waals surface area contributed by atoms with E-state index in [9.17, 15) is 18.0 Å². The highest BCUT2D eigenvalue weighted by Gasteiger charge is 2.32. The average Bonchev–Trinajstić information content (AvgIpc) is 2.85. The van der Waals surface area contributed by atoms with Crippen molar-refractivity contribution in [1.82, 2.24) is 9.88 Å². The maximum atomic E-state index is 15.1. The summed E-state index contributed by atoms with van der Waals surface area (Å²) in [6.07, 6.45) is -4.92. The molecule has 0 fully saturated rings. The molecule has 0 aliphatic rings. The van der Waals surface area contributed by atoms with Crippen LogP contribution in [0.5, 0.6) is 34.8 Å². The lowest BCUT2D eigenvalue weighted by Gasteiger charge is -2.16. The molecule has 0 radical (unpaired) electrons. The van der Waals surface area contributed by atoms with Crippen LogP contribution in [0.4, 0.5) is 22.0 Å². The van der Waals surface area contributed by atoms with E-state index in [1.165, 1.54) is 62.5 Å². The molecule has 0 saturated carbocycles. The first-order chi connectivity index (χ1) is 17.4. The third kappa shape index (κ3) is 6.54. The highest BCUT2D eigenvalue weighted by atomic mass is 19.4. The molecule has 0 aliphatic heterocycles. The number of hydrogen-bond donors (Lipinski definition) is 0. The van der Waals surface area contributed by atoms with Gasteiger partial charge in [0.25, 0.3) is 17.7 Å². The van der Waals surface area contributed by atoms with Crippen molar-refractivity contribution in [3.8, 4) is 40.8 Å². The molecule has 13 heteroatoms. The summed E-state index contributed by atoms with van der Waals surface area (Å²) in [6, 6.07) is 11.1. The van der Waals surface area contributed by atoms with Gasteiger partial charge in [0.1, 0.15) is 5.75 Å². The second-order valence-electron chi connectivity index (χ2n) is 7.49. The Hall–Kier alpha value is -4.60. The van der Waals surface area contributed by atoms with Crippen molar-refractivity contribution in [1.29, 1.82) is 5.26 Å². The third-order valence-electron chi connectivity index (χ3n) is 4.56. The molecule has 8 nitrogen and oxygen atoms in total. The highest BCUT2D eigenvalue weighted by Crippen LogP contribution is 2.40. The first kappa shape index (κ1) is 27.0. The largest absolute Gasteiger partial charge is 0.493 e. The molecule has 3 rings (SSSR count). The predicted octanol–water partition coefficient (Wildman–Crippen LogP) is 5.47. The van der Waals surface area contributed by atoms with E-state index < -0.39 is 47.8 Å². The zero-order valence-electron chi connectivity index (χ0n) is 19.5. The molecule has 1 amide bonds. The van der Waals surface area contributed by atoms with E-state index in [1.807, 2.05) is 6.07 Å². The van der Waals surface area contributed by atoms with Crippen LogP contribution in [0.25, 0.3) is 0 Å². The van der Waals surface area contributed by atoms with Gasteiger partial charge in [-0.2, -0.15) is 32.2 Å². The Labute approximate surface area is 207 Å². The molecule has 0 unspecified atom stereocenters. The van der Waals surface area contributed by atoms with Crippen molar-refractivity contribution in [2.75, 3.05) is 27.8 Å². The number of carbonyl (C=O) groups is 1. The Bertz CT molecular complexity index is 1360. The summed E-state index contributed by atoms with van der Waals surface area (Å²) in [6.45, 7) is -2.02. The molecule has 1 heterocycles. The average molecular weight is 523 g/mol. The van der Waals surface area contributed by atoms with Gasteiger partial charge in [0.15, 0.2) is 18.1 Å². The summed E-state index contributed by atoms with van der Waals surface area (Å²) in [7, 11) is 4.25. The molecular formula is C24H18F5N3O5. The third-order valence-corrected chi connectivity index (χ3v) is 4.56. The summed E-state index contributed by atoms with van der Waals surface area (Å²) in [5.41, 5.74) is 0.221. The van der Waals surface area contributed by atoms with Gasteiger partial charge in [-0.1, -0.05) is 6.07 Å². The maximum absolute atomic E-state index is 15.1. The summed E-state index contributed by atoms with van der Waals surface area (Å²) in [4.78, 5) is 17.1. The number of aromatic nitrogens is 1. The quantitative estimate of drug-likeness (QED) is 0.362. The molecule has 0 saturated heterocycles. The fraction of sp³-hybridized carbons (Fsp3) is 0.208. The van der Waals surface area contributed by atoms with Crippen molar-refractivity contribution >= 4 is 5.91 Å². The van der Waals surface area contributed by atoms with E-state index in [-0.39, 0.29) is 28.4 Å². The molecular weight excluding hydrogens is 505 g/mol. The van der Waals surface area contributed by atoms with E-state index in [0.29, 0.717) is 0 Å². The van der Waals surface area contributed by atoms with Gasteiger partial charge in [0.2, 0.25) is 17.4 Å². The van der Waals surface area contributed by atoms with Crippen LogP contribution in [0.15, 0.2) is 42.5 Å². The summed E-state index contributed by atoms with van der Waals surface area (Å²) in [5, 5.41) is 9.12. The minimum atomic E-state index is -4.92. The van der Waals surface area contributed by atoms with E-state index in [2.05, 4.69) is 9.72 Å². The predicted molar refractivity (Wildman–Crippen MR) is 118 cm³/mol. The topological polar surface area (TPSA) is 93.9 Å². The Balaban J connectivity index is 2.09. The molecule has 0 atom stereocenters. The van der Waals surface area contributed by atoms with E-state index >= 15 is 8.78 Å². The van der Waals surface area contributed by atoms with Gasteiger partial charge in [-0.05, 0) is 30.3 Å². The van der Waals surface area contributed by atoms with Crippen molar-refractivity contribution < 1.29 is 45.7 Å². The number of carbonyl (C=O) groups excluding carboxylic acids is 1. The summed E-state index contributed by atoms with van der Waals surface area (Å²) < 4.78 is 88.4. The standard InChI is InChI=1S/C24H18F5N3O5/c1-32(2)23(33)14-5-4-6-15(10-14)36-21-18(25)20(35-12-24(27,28)29)19(26)22(31-21)37-17-9-13(11-30)7-8-16(17)34-3/h4-10H,12H2,1-3H3. The zero-order chi connectivity index (χ0) is 27.3. The molecule has 0 aliphatic carbocycles. The molecule has 2 aromatic carbocycles. The number of halogens is 5. The van der Waals surface area contributed by atoms with Crippen LogP contribution in [-0.2, 0) is 0 Å². The van der Waals surface area contributed by atoms with Gasteiger partial charge < -0.3 is 23.8 Å². The highest BCUT2D eigenvalue weighted by molar-refractivity contribution is 5.94. The first-order valence-corrected chi connectivity index (χ1v) is 10.3. The van der Waals surface area contributed by atoms with Gasteiger partial charge >= 0.3 is 6.18 Å². The molecule has 1 aromatic heterocycles. The fourth-order valence-corrected chi connectivity index (χ4v) is 2.89. The molecule has 37 heavy (non-hydrogen) atoms. The van der Waals surface area contributed by atoms with Crippen LogP contribution in [0.1, 0.15) is 15.9 Å². The van der Waals surface area contributed by atoms with Crippen LogP contribution in [0, 0.1) is 23.0 Å². The molecule has 0 spiro atoms. The summed E-state index contributed by atoms with van der Waals surface area (Å²) >= 11 is 0. The number of ether oxygens (including phenoxy) is 4. The van der Waals surface area contributed by atoms with Crippen molar-refractivity contribution in [3.05, 3.63) is 65.2 Å². The molecule has 0 bridgehead atoms. The number of benzene rings is 2. The van der Waals surface area contributed by atoms with E-state index in [0.717, 1.165) is 6.07 Å². The number of hydrogen-bond acceptors (Lipinski definition) is 7. The van der Waals surface area contributed by atoms with Gasteiger partial charge in [-0.25, -0.2) is 0 Å². The number of methoxy groups -OCH3 is 1. The minimum absolute atomic E-state index is 0.0136. The van der Waals surface area contributed by atoms with Crippen molar-refractivity contribution in [2.24, 2.45) is 0 Å². The second-order valence-corrected chi connectivity index (χ2v) is 7.49. The second kappa shape index (κ2) is 11.0. The Morgan fingerprint density at radius 2 is 1.70 bits per heavy atom. The lowest BCUT2D eigenvalue weighted by Crippen LogP contribution is -2.21. The van der Waals surface area contributed by atoms with Gasteiger partial charge in [-0.15, -0.1) is 0 Å². The smallest absolute Gasteiger partial charge is 0.422 e. The zero-order valence-corrected chi connectivity index (χ0v) is 19.5. The van der Waals surface area contributed by atoms with Gasteiger partial charge in [-0.3, -0.25) is 4.79 Å². The number of nitrogens with zero attached hydrogens (tertiary/aromatic N) is 3. The van der Waals surface area contributed by atoms with Crippen LogP contribution in [0.2, 0.25) is 0 Å². The number of amides is 1. The van der Waals surface area contributed by atoms with E-state index in [1.54, 1.807) is 0 Å². The molecule has 3 aromatic rings. The van der Waals surface area contributed by atoms with Crippen LogP contribution >= 0.6 is 0 Å². The fourth-order valence-electron chi connectivity index (χ4n) is 2.89. The maximum Gasteiger partial charge on any atom is 0.422 e. The van der Waals surface area contributed by atoms with Gasteiger partial charge in [0.05, 0.1) is 18.7 Å². The van der Waals surface area contributed by atoms with E-state index in [4.69, 9.17) is 19.5 Å². The number of rotatable bonds is 8. The van der Waals surface area contributed by atoms with Crippen LogP contribution in [0.3, 0.4) is 0 Å². The molecule has 0 N–H and O–H groups in total. The number of pyridine rings is 1. The van der Waals surface area contributed by atoms with Crippen molar-refractivity contribution in [3.63, 3.8) is 0 Å². The van der Waals surface area contributed by atoms with Crippen molar-refractivity contribution in [2.45, 2.75) is 6.18 Å². The first-order valence-electron chi connectivity index (χ1n) is 10.3. The lowest BCUT2D eigenvalue weighted by molar-refractivity contribution is -0.154.